The van der Waals surface area contributed by atoms with Crippen LogP contribution in [0.3, 0.4) is 0 Å². The molecule has 162 valence electrons. The molecule has 0 N–H and O–H groups in total. The van der Waals surface area contributed by atoms with E-state index in [1.165, 1.54) is 4.88 Å². The van der Waals surface area contributed by atoms with Gasteiger partial charge in [-0.2, -0.15) is 0 Å². The lowest BCUT2D eigenvalue weighted by molar-refractivity contribution is 0.927. The van der Waals surface area contributed by atoms with Crippen molar-refractivity contribution in [2.45, 2.75) is 17.8 Å². The number of thiophene rings is 1. The number of fused-ring (bicyclic) bond motifs is 3. The maximum atomic E-state index is 13.5. The molecule has 0 bridgehead atoms. The number of hydrogen-bond acceptors (Lipinski definition) is 7. The van der Waals surface area contributed by atoms with Gasteiger partial charge in [-0.3, -0.25) is 9.20 Å². The van der Waals surface area contributed by atoms with Crippen LogP contribution in [0.15, 0.2) is 81.4 Å². The SMILES string of the molecule is Cc1ccccc1-n1c(=O)c2ccccc2n2c(SCc3csc(-c4cccs4)n3)nnc12. The predicted octanol–water partition coefficient (Wildman–Crippen LogP) is 5.82. The molecule has 2 aromatic carbocycles. The first-order chi connectivity index (χ1) is 16.2. The van der Waals surface area contributed by atoms with E-state index in [-0.39, 0.29) is 5.56 Å². The summed E-state index contributed by atoms with van der Waals surface area (Å²) in [4.78, 5) is 19.4. The molecule has 0 aliphatic rings. The second-order valence-corrected chi connectivity index (χ2v) is 10.2. The van der Waals surface area contributed by atoms with Crippen LogP contribution in [-0.4, -0.2) is 24.1 Å². The van der Waals surface area contributed by atoms with Crippen molar-refractivity contribution in [2.75, 3.05) is 0 Å². The first kappa shape index (κ1) is 20.3. The number of para-hydroxylation sites is 2. The van der Waals surface area contributed by atoms with Crippen molar-refractivity contribution in [1.82, 2.24) is 24.1 Å². The fourth-order valence-electron chi connectivity index (χ4n) is 3.83. The molecule has 4 heterocycles. The van der Waals surface area contributed by atoms with Crippen molar-refractivity contribution >= 4 is 51.1 Å². The largest absolute Gasteiger partial charge is 0.268 e. The molecular weight excluding hydrogens is 470 g/mol. The molecule has 33 heavy (non-hydrogen) atoms. The van der Waals surface area contributed by atoms with E-state index in [4.69, 9.17) is 4.98 Å². The minimum absolute atomic E-state index is 0.101. The van der Waals surface area contributed by atoms with Crippen LogP contribution in [0.2, 0.25) is 0 Å². The number of thiazole rings is 1. The second kappa shape index (κ2) is 8.26. The smallest absolute Gasteiger partial charge is 0.267 e. The van der Waals surface area contributed by atoms with Gasteiger partial charge in [0.05, 0.1) is 27.2 Å². The lowest BCUT2D eigenvalue weighted by Crippen LogP contribution is -2.22. The molecule has 0 fully saturated rings. The van der Waals surface area contributed by atoms with E-state index in [0.29, 0.717) is 16.9 Å². The Bertz CT molecular complexity index is 1660. The van der Waals surface area contributed by atoms with E-state index in [2.05, 4.69) is 27.0 Å². The number of hydrogen-bond donors (Lipinski definition) is 0. The molecule has 9 heteroatoms. The monoisotopic (exact) mass is 487 g/mol. The third-order valence-electron chi connectivity index (χ3n) is 5.38. The minimum atomic E-state index is -0.101. The standard InChI is InChI=1S/C24H17N5OS3/c1-15-7-2-4-9-18(15)28-22(30)17-8-3-5-10-19(17)29-23(28)26-27-24(29)33-14-16-13-32-21(25-16)20-11-6-12-31-20/h2-13H,14H2,1H3. The van der Waals surface area contributed by atoms with E-state index >= 15 is 0 Å². The Morgan fingerprint density at radius 3 is 2.67 bits per heavy atom. The summed E-state index contributed by atoms with van der Waals surface area (Å²) in [5, 5.41) is 15.5. The van der Waals surface area contributed by atoms with Crippen molar-refractivity contribution in [3.63, 3.8) is 0 Å². The first-order valence-electron chi connectivity index (χ1n) is 10.3. The summed E-state index contributed by atoms with van der Waals surface area (Å²) in [7, 11) is 0. The Kier molecular flexibility index (Phi) is 5.09. The number of aryl methyl sites for hydroxylation is 1. The van der Waals surface area contributed by atoms with E-state index in [1.54, 1.807) is 39.0 Å². The Morgan fingerprint density at radius 2 is 1.82 bits per heavy atom. The molecule has 0 aliphatic heterocycles. The van der Waals surface area contributed by atoms with E-state index in [1.807, 2.05) is 65.9 Å². The topological polar surface area (TPSA) is 65.1 Å². The van der Waals surface area contributed by atoms with Gasteiger partial charge in [-0.1, -0.05) is 48.2 Å². The number of rotatable bonds is 5. The van der Waals surface area contributed by atoms with Gasteiger partial charge >= 0.3 is 0 Å². The third kappa shape index (κ3) is 3.49. The molecular formula is C24H17N5OS3. The average molecular weight is 488 g/mol. The highest BCUT2D eigenvalue weighted by molar-refractivity contribution is 7.98. The molecule has 0 saturated heterocycles. The molecule has 0 amide bonds. The summed E-state index contributed by atoms with van der Waals surface area (Å²) in [6.45, 7) is 1.99. The van der Waals surface area contributed by atoms with Crippen LogP contribution in [0.25, 0.3) is 32.3 Å². The molecule has 0 saturated carbocycles. The van der Waals surface area contributed by atoms with Crippen LogP contribution < -0.4 is 5.56 Å². The first-order valence-corrected chi connectivity index (χ1v) is 13.0. The molecule has 0 spiro atoms. The van der Waals surface area contributed by atoms with Crippen molar-refractivity contribution in [3.05, 3.63) is 93.0 Å². The molecule has 6 aromatic rings. The highest BCUT2D eigenvalue weighted by Gasteiger charge is 2.19. The zero-order valence-electron chi connectivity index (χ0n) is 17.5. The highest BCUT2D eigenvalue weighted by atomic mass is 32.2. The number of nitrogens with zero attached hydrogens (tertiary/aromatic N) is 5. The summed E-state index contributed by atoms with van der Waals surface area (Å²) in [6.07, 6.45) is 0. The third-order valence-corrected chi connectivity index (χ3v) is 8.28. The average Bonchev–Trinajstić information content (AvgIpc) is 3.60. The highest BCUT2D eigenvalue weighted by Crippen LogP contribution is 2.31. The van der Waals surface area contributed by atoms with Crippen LogP contribution in [0.5, 0.6) is 0 Å². The van der Waals surface area contributed by atoms with Gasteiger partial charge in [0.15, 0.2) is 5.16 Å². The van der Waals surface area contributed by atoms with Crippen molar-refractivity contribution in [1.29, 1.82) is 0 Å². The molecule has 6 rings (SSSR count). The van der Waals surface area contributed by atoms with Crippen LogP contribution in [-0.2, 0) is 5.75 Å². The molecule has 0 unspecified atom stereocenters. The fraction of sp³-hybridized carbons (Fsp3) is 0.0833. The molecule has 0 aliphatic carbocycles. The van der Waals surface area contributed by atoms with Gasteiger partial charge < -0.3 is 0 Å². The van der Waals surface area contributed by atoms with Gasteiger partial charge in [-0.15, -0.1) is 32.9 Å². The zero-order chi connectivity index (χ0) is 22.4. The Hall–Kier alpha value is -3.27. The van der Waals surface area contributed by atoms with Crippen LogP contribution in [0, 0.1) is 6.92 Å². The normalized spacial score (nSPS) is 11.5. The zero-order valence-corrected chi connectivity index (χ0v) is 20.0. The Morgan fingerprint density at radius 1 is 0.970 bits per heavy atom. The van der Waals surface area contributed by atoms with Crippen LogP contribution in [0.1, 0.15) is 11.3 Å². The Balaban J connectivity index is 1.46. The van der Waals surface area contributed by atoms with E-state index < -0.39 is 0 Å². The van der Waals surface area contributed by atoms with Gasteiger partial charge in [0.25, 0.3) is 5.56 Å². The Labute approximate surface area is 201 Å². The van der Waals surface area contributed by atoms with Crippen LogP contribution >= 0.6 is 34.4 Å². The lowest BCUT2D eigenvalue weighted by atomic mass is 10.2. The number of thioether (sulfide) groups is 1. The fourth-order valence-corrected chi connectivity index (χ4v) is 6.40. The van der Waals surface area contributed by atoms with Crippen molar-refractivity contribution < 1.29 is 0 Å². The summed E-state index contributed by atoms with van der Waals surface area (Å²) in [5.74, 6) is 1.17. The minimum Gasteiger partial charge on any atom is -0.268 e. The van der Waals surface area contributed by atoms with E-state index in [9.17, 15) is 4.79 Å². The van der Waals surface area contributed by atoms with Crippen molar-refractivity contribution in [3.8, 4) is 15.6 Å². The van der Waals surface area contributed by atoms with Gasteiger partial charge in [0.2, 0.25) is 5.78 Å². The molecule has 0 radical (unpaired) electrons. The number of aromatic nitrogens is 5. The summed E-state index contributed by atoms with van der Waals surface area (Å²) in [6, 6.07) is 19.6. The van der Waals surface area contributed by atoms with Gasteiger partial charge in [0.1, 0.15) is 5.01 Å². The summed E-state index contributed by atoms with van der Waals surface area (Å²) >= 11 is 4.91. The van der Waals surface area contributed by atoms with Gasteiger partial charge in [-0.05, 0) is 42.1 Å². The summed E-state index contributed by atoms with van der Waals surface area (Å²) in [5.41, 5.74) is 3.50. The van der Waals surface area contributed by atoms with E-state index in [0.717, 1.165) is 32.6 Å². The molecule has 0 atom stereocenters. The molecule has 4 aromatic heterocycles. The van der Waals surface area contributed by atoms with Gasteiger partial charge in [-0.25, -0.2) is 9.55 Å². The molecule has 6 nitrogen and oxygen atoms in total. The second-order valence-electron chi connectivity index (χ2n) is 7.47. The maximum absolute atomic E-state index is 13.5. The lowest BCUT2D eigenvalue weighted by Gasteiger charge is -2.13. The summed E-state index contributed by atoms with van der Waals surface area (Å²) < 4.78 is 3.63. The maximum Gasteiger partial charge on any atom is 0.267 e. The van der Waals surface area contributed by atoms with Crippen molar-refractivity contribution in [2.24, 2.45) is 0 Å². The van der Waals surface area contributed by atoms with Gasteiger partial charge in [0, 0.05) is 11.1 Å². The van der Waals surface area contributed by atoms with Crippen LogP contribution in [0.4, 0.5) is 0 Å². The number of benzene rings is 2. The quantitative estimate of drug-likeness (QED) is 0.287. The predicted molar refractivity (Wildman–Crippen MR) is 136 cm³/mol.